The van der Waals surface area contributed by atoms with Gasteiger partial charge in [0.05, 0.1) is 12.7 Å². The molecule has 0 aliphatic heterocycles. The molecule has 3 aliphatic carbocycles. The lowest BCUT2D eigenvalue weighted by Crippen LogP contribution is -2.30. The number of aliphatic hydroxyl groups is 1. The number of carbonyl (C=O) groups is 2. The van der Waals surface area contributed by atoms with Crippen molar-refractivity contribution in [1.29, 1.82) is 0 Å². The minimum Gasteiger partial charge on any atom is -0.463 e. The number of hydrogen-bond donors (Lipinski definition) is 1. The highest BCUT2D eigenvalue weighted by atomic mass is 16.5. The molecule has 3 aliphatic rings. The number of ketones is 1. The molecule has 0 heterocycles. The molecule has 0 amide bonds. The van der Waals surface area contributed by atoms with Crippen molar-refractivity contribution in [2.45, 2.75) is 32.3 Å². The van der Waals surface area contributed by atoms with Crippen LogP contribution in [0.15, 0.2) is 11.6 Å². The molecule has 0 aromatic heterocycles. The van der Waals surface area contributed by atoms with Crippen molar-refractivity contribution in [3.05, 3.63) is 11.6 Å². The Morgan fingerprint density at radius 3 is 2.94 bits per heavy atom. The van der Waals surface area contributed by atoms with Crippen LogP contribution in [0.4, 0.5) is 0 Å². The van der Waals surface area contributed by atoms with Crippen molar-refractivity contribution in [1.82, 2.24) is 0 Å². The molecular formula is C12H16O4. The molecular weight excluding hydrogens is 208 g/mol. The van der Waals surface area contributed by atoms with Crippen LogP contribution >= 0.6 is 0 Å². The standard InChI is InChI=1S/C12H16O4/c1-2-16-12(15)9-6-11(14)8-4-3-7(9)5-10(8)13/h6-8,11,14H,2-5H2,1H3. The SMILES string of the molecule is CCOC(=O)C1=CC(O)C2CCC1CC2=O. The molecule has 3 unspecified atom stereocenters. The lowest BCUT2D eigenvalue weighted by molar-refractivity contribution is -0.139. The van der Waals surface area contributed by atoms with Gasteiger partial charge in [-0.25, -0.2) is 4.79 Å². The second kappa shape index (κ2) is 4.37. The number of hydrogen-bond acceptors (Lipinski definition) is 4. The third-order valence-electron chi connectivity index (χ3n) is 3.40. The van der Waals surface area contributed by atoms with Gasteiger partial charge in [-0.3, -0.25) is 4.79 Å². The first-order chi connectivity index (χ1) is 7.63. The van der Waals surface area contributed by atoms with Gasteiger partial charge in [0.25, 0.3) is 0 Å². The molecule has 1 N–H and O–H groups in total. The normalized spacial score (nSPS) is 33.2. The molecule has 3 rings (SSSR count). The molecule has 0 radical (unpaired) electrons. The van der Waals surface area contributed by atoms with Gasteiger partial charge in [-0.15, -0.1) is 0 Å². The Balaban J connectivity index is 2.25. The van der Waals surface area contributed by atoms with Gasteiger partial charge in [0.2, 0.25) is 0 Å². The van der Waals surface area contributed by atoms with Gasteiger partial charge in [0.15, 0.2) is 0 Å². The van der Waals surface area contributed by atoms with Crippen LogP contribution in [0, 0.1) is 11.8 Å². The average molecular weight is 224 g/mol. The minimum absolute atomic E-state index is 0.0556. The summed E-state index contributed by atoms with van der Waals surface area (Å²) in [6.45, 7) is 2.06. The largest absolute Gasteiger partial charge is 0.463 e. The van der Waals surface area contributed by atoms with Crippen LogP contribution in [0.1, 0.15) is 26.2 Å². The molecule has 88 valence electrons. The van der Waals surface area contributed by atoms with Crippen LogP contribution in [0.25, 0.3) is 0 Å². The summed E-state index contributed by atoms with van der Waals surface area (Å²) in [5, 5.41) is 9.83. The summed E-state index contributed by atoms with van der Waals surface area (Å²) in [7, 11) is 0. The Bertz CT molecular complexity index is 345. The van der Waals surface area contributed by atoms with E-state index in [1.807, 2.05) is 0 Å². The van der Waals surface area contributed by atoms with E-state index in [-0.39, 0.29) is 23.6 Å². The van der Waals surface area contributed by atoms with Crippen LogP contribution < -0.4 is 0 Å². The maximum atomic E-state index is 11.7. The van der Waals surface area contributed by atoms with Crippen LogP contribution in [-0.2, 0) is 14.3 Å². The third-order valence-corrected chi connectivity index (χ3v) is 3.40. The Morgan fingerprint density at radius 2 is 2.31 bits per heavy atom. The van der Waals surface area contributed by atoms with Gasteiger partial charge in [-0.1, -0.05) is 0 Å². The first-order valence-electron chi connectivity index (χ1n) is 5.73. The Kier molecular flexibility index (Phi) is 3.10. The van der Waals surface area contributed by atoms with Crippen molar-refractivity contribution >= 4 is 11.8 Å². The van der Waals surface area contributed by atoms with E-state index in [2.05, 4.69) is 0 Å². The van der Waals surface area contributed by atoms with Crippen LogP contribution in [0.3, 0.4) is 0 Å². The molecule has 1 fully saturated rings. The van der Waals surface area contributed by atoms with E-state index in [1.54, 1.807) is 6.92 Å². The maximum Gasteiger partial charge on any atom is 0.334 e. The van der Waals surface area contributed by atoms with Crippen molar-refractivity contribution in [2.75, 3.05) is 6.61 Å². The van der Waals surface area contributed by atoms with Crippen molar-refractivity contribution in [3.63, 3.8) is 0 Å². The topological polar surface area (TPSA) is 63.6 Å². The maximum absolute atomic E-state index is 11.7. The van der Waals surface area contributed by atoms with Crippen molar-refractivity contribution in [3.8, 4) is 0 Å². The molecule has 2 bridgehead atoms. The fourth-order valence-corrected chi connectivity index (χ4v) is 2.55. The quantitative estimate of drug-likeness (QED) is 0.706. The number of Topliss-reactive ketones (excluding diaryl/α,β-unsaturated/α-hetero) is 1. The van der Waals surface area contributed by atoms with Gasteiger partial charge in [0, 0.05) is 17.9 Å². The van der Waals surface area contributed by atoms with E-state index in [4.69, 9.17) is 4.74 Å². The predicted octanol–water partition coefficient (Wildman–Crippen LogP) is 0.836. The van der Waals surface area contributed by atoms with Gasteiger partial charge in [-0.05, 0) is 31.8 Å². The summed E-state index contributed by atoms with van der Waals surface area (Å²) in [4.78, 5) is 23.3. The van der Waals surface area contributed by atoms with Crippen LogP contribution in [-0.4, -0.2) is 29.6 Å². The fraction of sp³-hybridized carbons (Fsp3) is 0.667. The Labute approximate surface area is 94.3 Å². The van der Waals surface area contributed by atoms with Crippen molar-refractivity contribution < 1.29 is 19.4 Å². The van der Waals surface area contributed by atoms with Gasteiger partial charge in [-0.2, -0.15) is 0 Å². The molecule has 0 saturated heterocycles. The summed E-state index contributed by atoms with van der Waals surface area (Å²) < 4.78 is 4.94. The number of carbonyl (C=O) groups excluding carboxylic acids is 2. The molecule has 0 aromatic rings. The van der Waals surface area contributed by atoms with E-state index in [0.717, 1.165) is 6.42 Å². The van der Waals surface area contributed by atoms with E-state index >= 15 is 0 Å². The van der Waals surface area contributed by atoms with Crippen LogP contribution in [0.2, 0.25) is 0 Å². The molecule has 3 atom stereocenters. The summed E-state index contributed by atoms with van der Waals surface area (Å²) in [6.07, 6.45) is 2.53. The second-order valence-corrected chi connectivity index (χ2v) is 4.38. The third kappa shape index (κ3) is 1.89. The predicted molar refractivity (Wildman–Crippen MR) is 56.6 cm³/mol. The fourth-order valence-electron chi connectivity index (χ4n) is 2.55. The Hall–Kier alpha value is -1.16. The molecule has 0 aromatic carbocycles. The molecule has 16 heavy (non-hydrogen) atoms. The number of rotatable bonds is 2. The second-order valence-electron chi connectivity index (χ2n) is 4.38. The number of aliphatic hydroxyl groups excluding tert-OH is 1. The Morgan fingerprint density at radius 1 is 1.56 bits per heavy atom. The summed E-state index contributed by atoms with van der Waals surface area (Å²) in [5.74, 6) is -0.690. The zero-order chi connectivity index (χ0) is 11.7. The minimum atomic E-state index is -0.820. The first-order valence-corrected chi connectivity index (χ1v) is 5.73. The summed E-state index contributed by atoms with van der Waals surface area (Å²) in [6, 6.07) is 0. The van der Waals surface area contributed by atoms with Crippen LogP contribution in [0.5, 0.6) is 0 Å². The van der Waals surface area contributed by atoms with Gasteiger partial charge >= 0.3 is 5.97 Å². The summed E-state index contributed by atoms with van der Waals surface area (Å²) >= 11 is 0. The highest BCUT2D eigenvalue weighted by molar-refractivity contribution is 5.93. The van der Waals surface area contributed by atoms with Gasteiger partial charge < -0.3 is 9.84 Å². The monoisotopic (exact) mass is 224 g/mol. The lowest BCUT2D eigenvalue weighted by atomic mass is 9.80. The first kappa shape index (κ1) is 11.3. The highest BCUT2D eigenvalue weighted by Crippen LogP contribution is 2.37. The van der Waals surface area contributed by atoms with E-state index < -0.39 is 6.10 Å². The summed E-state index contributed by atoms with van der Waals surface area (Å²) in [5.41, 5.74) is 0.489. The zero-order valence-electron chi connectivity index (χ0n) is 9.31. The van der Waals surface area contributed by atoms with Crippen molar-refractivity contribution in [2.24, 2.45) is 11.8 Å². The van der Waals surface area contributed by atoms with E-state index in [1.165, 1.54) is 6.08 Å². The van der Waals surface area contributed by atoms with E-state index in [9.17, 15) is 14.7 Å². The highest BCUT2D eigenvalue weighted by Gasteiger charge is 2.40. The number of ether oxygens (including phenoxy) is 1. The number of esters is 1. The van der Waals surface area contributed by atoms with Gasteiger partial charge in [0.1, 0.15) is 5.78 Å². The smallest absolute Gasteiger partial charge is 0.334 e. The number of fused-ring (bicyclic) bond motifs is 3. The molecule has 4 nitrogen and oxygen atoms in total. The average Bonchev–Trinajstić information content (AvgIpc) is 2.46. The lowest BCUT2D eigenvalue weighted by Gasteiger charge is -2.24. The molecule has 4 heteroatoms. The zero-order valence-corrected chi connectivity index (χ0v) is 9.31. The van der Waals surface area contributed by atoms with E-state index in [0.29, 0.717) is 25.0 Å². The molecule has 1 saturated carbocycles. The molecule has 0 spiro atoms.